The highest BCUT2D eigenvalue weighted by molar-refractivity contribution is 5.97. The molecule has 7 nitrogen and oxygen atoms in total. The first-order valence-corrected chi connectivity index (χ1v) is 10.1. The van der Waals surface area contributed by atoms with Crippen LogP contribution in [-0.2, 0) is 0 Å². The lowest BCUT2D eigenvalue weighted by molar-refractivity contribution is 0.0695. The second kappa shape index (κ2) is 6.45. The Labute approximate surface area is 166 Å². The van der Waals surface area contributed by atoms with Gasteiger partial charge in [0.05, 0.1) is 18.0 Å². The number of pyridine rings is 1. The van der Waals surface area contributed by atoms with Crippen molar-refractivity contribution < 1.29 is 19.0 Å². The summed E-state index contributed by atoms with van der Waals surface area (Å²) in [5, 5.41) is 9.49. The topological polar surface area (TPSA) is 97.8 Å². The van der Waals surface area contributed by atoms with Gasteiger partial charge in [-0.05, 0) is 37.7 Å². The molecule has 3 atom stereocenters. The summed E-state index contributed by atoms with van der Waals surface area (Å²) in [6.45, 7) is 0.537. The number of halogens is 1. The Bertz CT molecular complexity index is 1080. The largest absolute Gasteiger partial charge is 0.492 e. The highest BCUT2D eigenvalue weighted by Gasteiger charge is 2.45. The van der Waals surface area contributed by atoms with Gasteiger partial charge in [0.2, 0.25) is 5.43 Å². The number of nitrogens with zero attached hydrogens (tertiary/aromatic N) is 2. The molecule has 0 radical (unpaired) electrons. The molecule has 0 bridgehead atoms. The average Bonchev–Trinajstić information content (AvgIpc) is 3.32. The van der Waals surface area contributed by atoms with E-state index in [9.17, 15) is 14.7 Å². The van der Waals surface area contributed by atoms with E-state index < -0.39 is 17.2 Å². The van der Waals surface area contributed by atoms with Crippen LogP contribution in [0.2, 0.25) is 0 Å². The predicted molar refractivity (Wildman–Crippen MR) is 106 cm³/mol. The lowest BCUT2D eigenvalue weighted by Crippen LogP contribution is -2.32. The molecule has 3 N–H and O–H groups in total. The van der Waals surface area contributed by atoms with Crippen LogP contribution >= 0.6 is 0 Å². The number of aromatic nitrogens is 1. The molecule has 3 fully saturated rings. The number of carbonyl (C=O) groups is 1. The zero-order chi connectivity index (χ0) is 20.4. The number of carboxylic acids is 1. The molecule has 29 heavy (non-hydrogen) atoms. The zero-order valence-electron chi connectivity index (χ0n) is 16.2. The summed E-state index contributed by atoms with van der Waals surface area (Å²) in [6.07, 6.45) is 6.19. The summed E-state index contributed by atoms with van der Waals surface area (Å²) < 4.78 is 22.9. The molecule has 1 aromatic carbocycles. The predicted octanol–water partition coefficient (Wildman–Crippen LogP) is 2.50. The number of hydrogen-bond donors (Lipinski definition) is 2. The third-order valence-electron chi connectivity index (χ3n) is 6.75. The minimum absolute atomic E-state index is 0.0256. The minimum Gasteiger partial charge on any atom is -0.492 e. The SMILES string of the molecule is COc1c(N2C[C@H](N)[C@H]3CCC[C@H]32)c(F)cc2c(=O)c(C(=O)O)cn(C3CC3)c12. The molecule has 0 amide bonds. The van der Waals surface area contributed by atoms with Gasteiger partial charge in [-0.25, -0.2) is 9.18 Å². The molecule has 0 unspecified atom stereocenters. The van der Waals surface area contributed by atoms with Crippen LogP contribution in [0.15, 0.2) is 17.1 Å². The fraction of sp³-hybridized carbons (Fsp3) is 0.524. The number of aromatic carboxylic acids is 1. The molecular weight excluding hydrogens is 377 g/mol. The first kappa shape index (κ1) is 18.4. The Hall–Kier alpha value is -2.61. The second-order valence-electron chi connectivity index (χ2n) is 8.43. The fourth-order valence-corrected chi connectivity index (χ4v) is 5.31. The van der Waals surface area contributed by atoms with Crippen molar-refractivity contribution in [2.45, 2.75) is 50.2 Å². The van der Waals surface area contributed by atoms with E-state index in [0.717, 1.165) is 32.1 Å². The highest BCUT2D eigenvalue weighted by Crippen LogP contribution is 2.47. The van der Waals surface area contributed by atoms with Crippen LogP contribution in [0.4, 0.5) is 10.1 Å². The van der Waals surface area contributed by atoms with Gasteiger partial charge in [0.25, 0.3) is 0 Å². The van der Waals surface area contributed by atoms with E-state index in [0.29, 0.717) is 29.4 Å². The van der Waals surface area contributed by atoms with E-state index in [1.165, 1.54) is 19.4 Å². The second-order valence-corrected chi connectivity index (χ2v) is 8.43. The number of anilines is 1. The standard InChI is InChI=1S/C21H24FN3O4/c1-29-20-17-12(19(26)13(21(27)28)8-24(17)10-5-6-10)7-14(22)18(20)25-9-15(23)11-3-2-4-16(11)25/h7-8,10-11,15-16H,2-6,9,23H2,1H3,(H,27,28)/t11-,15+,16-/m1/s1. The number of fused-ring (bicyclic) bond motifs is 2. The third kappa shape index (κ3) is 2.65. The number of carboxylic acid groups (broad SMARTS) is 1. The lowest BCUT2D eigenvalue weighted by atomic mass is 10.0. The van der Waals surface area contributed by atoms with Gasteiger partial charge < -0.3 is 25.0 Å². The number of methoxy groups -OCH3 is 1. The maximum Gasteiger partial charge on any atom is 0.341 e. The molecule has 2 saturated carbocycles. The van der Waals surface area contributed by atoms with Crippen molar-refractivity contribution in [3.05, 3.63) is 33.9 Å². The van der Waals surface area contributed by atoms with Crippen LogP contribution in [0.3, 0.4) is 0 Å². The van der Waals surface area contributed by atoms with Crippen molar-refractivity contribution in [3.63, 3.8) is 0 Å². The number of rotatable bonds is 4. The summed E-state index contributed by atoms with van der Waals surface area (Å²) >= 11 is 0. The quantitative estimate of drug-likeness (QED) is 0.817. The Kier molecular flexibility index (Phi) is 4.10. The van der Waals surface area contributed by atoms with Gasteiger partial charge in [0, 0.05) is 30.9 Å². The van der Waals surface area contributed by atoms with E-state index in [2.05, 4.69) is 0 Å². The van der Waals surface area contributed by atoms with Gasteiger partial charge in [-0.1, -0.05) is 6.42 Å². The molecule has 2 heterocycles. The van der Waals surface area contributed by atoms with E-state index in [1.807, 2.05) is 4.90 Å². The molecular formula is C21H24FN3O4. The molecule has 154 valence electrons. The first-order chi connectivity index (χ1) is 13.9. The Balaban J connectivity index is 1.80. The maximum absolute atomic E-state index is 15.4. The van der Waals surface area contributed by atoms with Gasteiger partial charge in [-0.3, -0.25) is 4.79 Å². The first-order valence-electron chi connectivity index (χ1n) is 10.1. The molecule has 0 spiro atoms. The zero-order valence-corrected chi connectivity index (χ0v) is 16.2. The van der Waals surface area contributed by atoms with Gasteiger partial charge in [-0.15, -0.1) is 0 Å². The molecule has 8 heteroatoms. The summed E-state index contributed by atoms with van der Waals surface area (Å²) in [4.78, 5) is 26.4. The summed E-state index contributed by atoms with van der Waals surface area (Å²) in [7, 11) is 1.46. The minimum atomic E-state index is -1.31. The van der Waals surface area contributed by atoms with Crippen LogP contribution in [0.1, 0.15) is 48.5 Å². The van der Waals surface area contributed by atoms with Crippen molar-refractivity contribution in [1.82, 2.24) is 4.57 Å². The molecule has 1 aliphatic heterocycles. The van der Waals surface area contributed by atoms with Crippen LogP contribution in [0.25, 0.3) is 10.9 Å². The number of ether oxygens (including phenoxy) is 1. The van der Waals surface area contributed by atoms with Gasteiger partial charge in [0.1, 0.15) is 11.3 Å². The monoisotopic (exact) mass is 401 g/mol. The van der Waals surface area contributed by atoms with Crippen LogP contribution in [-0.4, -0.2) is 41.4 Å². The molecule has 1 aromatic heterocycles. The molecule has 2 aliphatic carbocycles. The van der Waals surface area contributed by atoms with Crippen molar-refractivity contribution in [1.29, 1.82) is 0 Å². The van der Waals surface area contributed by atoms with Crippen LogP contribution in [0, 0.1) is 11.7 Å². The molecule has 1 saturated heterocycles. The van der Waals surface area contributed by atoms with Gasteiger partial charge in [-0.2, -0.15) is 0 Å². The van der Waals surface area contributed by atoms with E-state index in [1.54, 1.807) is 4.57 Å². The third-order valence-corrected chi connectivity index (χ3v) is 6.75. The summed E-state index contributed by atoms with van der Waals surface area (Å²) in [6, 6.07) is 1.39. The van der Waals surface area contributed by atoms with Crippen LogP contribution in [0.5, 0.6) is 5.75 Å². The smallest absolute Gasteiger partial charge is 0.341 e. The maximum atomic E-state index is 15.4. The lowest BCUT2D eigenvalue weighted by Gasteiger charge is -2.29. The average molecular weight is 401 g/mol. The number of benzene rings is 1. The Morgan fingerprint density at radius 1 is 1.31 bits per heavy atom. The van der Waals surface area contributed by atoms with Gasteiger partial charge >= 0.3 is 5.97 Å². The molecule has 3 aliphatic rings. The van der Waals surface area contributed by atoms with Crippen molar-refractivity contribution in [3.8, 4) is 5.75 Å². The number of nitrogens with two attached hydrogens (primary N) is 1. The van der Waals surface area contributed by atoms with Crippen molar-refractivity contribution in [2.24, 2.45) is 11.7 Å². The van der Waals surface area contributed by atoms with Gasteiger partial charge in [0.15, 0.2) is 11.6 Å². The summed E-state index contributed by atoms with van der Waals surface area (Å²) in [5.41, 5.74) is 6.11. The normalized spacial score (nSPS) is 26.2. The fourth-order valence-electron chi connectivity index (χ4n) is 5.31. The van der Waals surface area contributed by atoms with E-state index in [4.69, 9.17) is 10.5 Å². The molecule has 2 aromatic rings. The summed E-state index contributed by atoms with van der Waals surface area (Å²) in [5.74, 6) is -1.26. The van der Waals surface area contributed by atoms with Crippen molar-refractivity contribution >= 4 is 22.6 Å². The number of hydrogen-bond acceptors (Lipinski definition) is 5. The van der Waals surface area contributed by atoms with Crippen molar-refractivity contribution in [2.75, 3.05) is 18.6 Å². The van der Waals surface area contributed by atoms with E-state index >= 15 is 4.39 Å². The van der Waals surface area contributed by atoms with E-state index in [-0.39, 0.29) is 29.1 Å². The molecule has 5 rings (SSSR count). The van der Waals surface area contributed by atoms with Crippen LogP contribution < -0.4 is 20.8 Å². The highest BCUT2D eigenvalue weighted by atomic mass is 19.1. The Morgan fingerprint density at radius 2 is 2.07 bits per heavy atom. The Morgan fingerprint density at radius 3 is 2.72 bits per heavy atom.